The van der Waals surface area contributed by atoms with Crippen LogP contribution in [0.25, 0.3) is 0 Å². The standard InChI is InChI=1S/C23H20Cl2N2O5/c1-13-9-16(18(28)12-31-23(29)22-17(24)7-8-21(25)26-22)14(2)27(13)10-15-11-30-19-5-3-4-6-20(19)32-15/h3-9,15H,10-12H2,1-2H3/t15-/m0/s1. The minimum atomic E-state index is -0.814. The maximum atomic E-state index is 12.7. The monoisotopic (exact) mass is 474 g/mol. The average molecular weight is 475 g/mol. The van der Waals surface area contributed by atoms with Gasteiger partial charge in [0, 0.05) is 17.0 Å². The molecular formula is C23H20Cl2N2O5. The number of aromatic nitrogens is 2. The number of nitrogens with zero attached hydrogens (tertiary/aromatic N) is 2. The molecule has 4 rings (SSSR count). The molecule has 0 aliphatic carbocycles. The van der Waals surface area contributed by atoms with Crippen molar-refractivity contribution in [1.29, 1.82) is 0 Å². The SMILES string of the molecule is Cc1cc(C(=O)COC(=O)c2nc(Cl)ccc2Cl)c(C)n1C[C@H]1COc2ccccc2O1. The number of fused-ring (bicyclic) bond motifs is 1. The molecule has 1 atom stereocenters. The number of carbonyl (C=O) groups is 2. The fourth-order valence-electron chi connectivity index (χ4n) is 3.56. The summed E-state index contributed by atoms with van der Waals surface area (Å²) in [4.78, 5) is 28.9. The zero-order valence-electron chi connectivity index (χ0n) is 17.4. The van der Waals surface area contributed by atoms with Crippen molar-refractivity contribution in [3.8, 4) is 11.5 Å². The van der Waals surface area contributed by atoms with Crippen molar-refractivity contribution in [1.82, 2.24) is 9.55 Å². The Labute approximate surface area is 194 Å². The van der Waals surface area contributed by atoms with Gasteiger partial charge < -0.3 is 18.8 Å². The van der Waals surface area contributed by atoms with Crippen LogP contribution in [0.5, 0.6) is 11.5 Å². The zero-order chi connectivity index (χ0) is 22.8. The second-order valence-electron chi connectivity index (χ2n) is 7.36. The van der Waals surface area contributed by atoms with Gasteiger partial charge in [-0.1, -0.05) is 35.3 Å². The highest BCUT2D eigenvalue weighted by molar-refractivity contribution is 6.34. The highest BCUT2D eigenvalue weighted by Crippen LogP contribution is 2.31. The molecule has 0 spiro atoms. The molecule has 0 N–H and O–H groups in total. The normalized spacial score (nSPS) is 14.8. The molecule has 0 fully saturated rings. The zero-order valence-corrected chi connectivity index (χ0v) is 18.9. The van der Waals surface area contributed by atoms with Crippen LogP contribution < -0.4 is 9.47 Å². The van der Waals surface area contributed by atoms with E-state index in [4.69, 9.17) is 37.4 Å². The minimum Gasteiger partial charge on any atom is -0.486 e. The molecule has 3 aromatic rings. The number of ketones is 1. The van der Waals surface area contributed by atoms with Gasteiger partial charge in [-0.05, 0) is 44.2 Å². The van der Waals surface area contributed by atoms with Gasteiger partial charge in [-0.2, -0.15) is 0 Å². The molecule has 0 radical (unpaired) electrons. The summed E-state index contributed by atoms with van der Waals surface area (Å²) >= 11 is 11.8. The predicted octanol–water partition coefficient (Wildman–Crippen LogP) is 4.69. The first-order valence-electron chi connectivity index (χ1n) is 9.91. The van der Waals surface area contributed by atoms with E-state index in [1.807, 2.05) is 42.7 Å². The fraction of sp³-hybridized carbons (Fsp3) is 0.261. The van der Waals surface area contributed by atoms with Crippen molar-refractivity contribution in [3.05, 3.63) is 75.3 Å². The maximum Gasteiger partial charge on any atom is 0.359 e. The lowest BCUT2D eigenvalue weighted by molar-refractivity contribution is 0.0469. The quantitative estimate of drug-likeness (QED) is 0.293. The lowest BCUT2D eigenvalue weighted by atomic mass is 10.1. The van der Waals surface area contributed by atoms with Crippen molar-refractivity contribution in [2.24, 2.45) is 0 Å². The van der Waals surface area contributed by atoms with Crippen molar-refractivity contribution in [2.45, 2.75) is 26.5 Å². The number of Topliss-reactive ketones (excluding diaryl/α,β-unsaturated/α-hetero) is 1. The molecule has 1 aliphatic rings. The first-order chi connectivity index (χ1) is 15.3. The summed E-state index contributed by atoms with van der Waals surface area (Å²) in [7, 11) is 0. The summed E-state index contributed by atoms with van der Waals surface area (Å²) in [6.07, 6.45) is -0.202. The van der Waals surface area contributed by atoms with Gasteiger partial charge in [-0.25, -0.2) is 9.78 Å². The van der Waals surface area contributed by atoms with Crippen LogP contribution in [0.1, 0.15) is 32.2 Å². The number of ether oxygens (including phenoxy) is 3. The van der Waals surface area contributed by atoms with Crippen molar-refractivity contribution in [2.75, 3.05) is 13.2 Å². The molecule has 0 saturated heterocycles. The summed E-state index contributed by atoms with van der Waals surface area (Å²) < 4.78 is 18.9. The molecule has 0 amide bonds. The largest absolute Gasteiger partial charge is 0.486 e. The van der Waals surface area contributed by atoms with Crippen LogP contribution in [0.3, 0.4) is 0 Å². The molecule has 32 heavy (non-hydrogen) atoms. The van der Waals surface area contributed by atoms with Gasteiger partial charge in [0.25, 0.3) is 0 Å². The first-order valence-corrected chi connectivity index (χ1v) is 10.7. The van der Waals surface area contributed by atoms with E-state index in [1.54, 1.807) is 6.07 Å². The summed E-state index contributed by atoms with van der Waals surface area (Å²) in [5.74, 6) is 0.271. The molecule has 0 unspecified atom stereocenters. The first kappa shape index (κ1) is 22.2. The van der Waals surface area contributed by atoms with Gasteiger partial charge in [0.05, 0.1) is 11.6 Å². The lowest BCUT2D eigenvalue weighted by Crippen LogP contribution is -2.33. The van der Waals surface area contributed by atoms with E-state index in [2.05, 4.69) is 4.98 Å². The fourth-order valence-corrected chi connectivity index (χ4v) is 3.89. The Kier molecular flexibility index (Phi) is 6.39. The van der Waals surface area contributed by atoms with Gasteiger partial charge in [0.1, 0.15) is 11.8 Å². The Morgan fingerprint density at radius 3 is 2.69 bits per heavy atom. The summed E-state index contributed by atoms with van der Waals surface area (Å²) in [5, 5.41) is 0.203. The number of carbonyl (C=O) groups excluding carboxylic acids is 2. The molecule has 1 aliphatic heterocycles. The van der Waals surface area contributed by atoms with Crippen LogP contribution in [-0.4, -0.2) is 40.6 Å². The Bertz CT molecular complexity index is 1190. The molecule has 166 valence electrons. The van der Waals surface area contributed by atoms with E-state index in [1.165, 1.54) is 12.1 Å². The topological polar surface area (TPSA) is 79.7 Å². The molecule has 0 saturated carbocycles. The lowest BCUT2D eigenvalue weighted by Gasteiger charge is -2.27. The molecule has 3 heterocycles. The number of benzene rings is 1. The van der Waals surface area contributed by atoms with Gasteiger partial charge in [0.2, 0.25) is 5.78 Å². The molecule has 9 heteroatoms. The summed E-state index contributed by atoms with van der Waals surface area (Å²) in [6.45, 7) is 4.23. The van der Waals surface area contributed by atoms with Gasteiger partial charge in [-0.3, -0.25) is 4.79 Å². The third-order valence-corrected chi connectivity index (χ3v) is 5.68. The van der Waals surface area contributed by atoms with E-state index < -0.39 is 12.6 Å². The highest BCUT2D eigenvalue weighted by atomic mass is 35.5. The third kappa shape index (κ3) is 4.59. The van der Waals surface area contributed by atoms with Crippen LogP contribution in [0.15, 0.2) is 42.5 Å². The molecule has 0 bridgehead atoms. The van der Waals surface area contributed by atoms with Crippen LogP contribution in [0.2, 0.25) is 10.2 Å². The Morgan fingerprint density at radius 1 is 1.16 bits per heavy atom. The maximum absolute atomic E-state index is 12.7. The van der Waals surface area contributed by atoms with Crippen LogP contribution in [0, 0.1) is 13.8 Å². The van der Waals surface area contributed by atoms with Crippen molar-refractivity contribution < 1.29 is 23.8 Å². The van der Waals surface area contributed by atoms with E-state index in [0.717, 1.165) is 17.1 Å². The molecule has 7 nitrogen and oxygen atoms in total. The molecule has 1 aromatic carbocycles. The average Bonchev–Trinajstić information content (AvgIpc) is 3.07. The number of aryl methyl sites for hydroxylation is 1. The minimum absolute atomic E-state index is 0.0984. The number of para-hydroxylation sites is 2. The highest BCUT2D eigenvalue weighted by Gasteiger charge is 2.24. The molecular weight excluding hydrogens is 455 g/mol. The Balaban J connectivity index is 1.43. The molecule has 2 aromatic heterocycles. The number of halogens is 2. The second kappa shape index (κ2) is 9.22. The summed E-state index contributed by atoms with van der Waals surface area (Å²) in [6, 6.07) is 12.2. The Morgan fingerprint density at radius 2 is 1.91 bits per heavy atom. The van der Waals surface area contributed by atoms with E-state index in [-0.39, 0.29) is 27.8 Å². The number of pyridine rings is 1. The van der Waals surface area contributed by atoms with Crippen molar-refractivity contribution in [3.63, 3.8) is 0 Å². The summed E-state index contributed by atoms with van der Waals surface area (Å²) in [5.41, 5.74) is 1.98. The third-order valence-electron chi connectivity index (χ3n) is 5.17. The van der Waals surface area contributed by atoms with E-state index in [0.29, 0.717) is 24.5 Å². The van der Waals surface area contributed by atoms with Crippen LogP contribution >= 0.6 is 23.2 Å². The van der Waals surface area contributed by atoms with Gasteiger partial charge in [-0.15, -0.1) is 0 Å². The Hall–Kier alpha value is -3.03. The van der Waals surface area contributed by atoms with Crippen LogP contribution in [-0.2, 0) is 11.3 Å². The number of hydrogen-bond acceptors (Lipinski definition) is 6. The van der Waals surface area contributed by atoms with Gasteiger partial charge in [0.15, 0.2) is 29.9 Å². The van der Waals surface area contributed by atoms with E-state index in [9.17, 15) is 9.59 Å². The smallest absolute Gasteiger partial charge is 0.359 e. The van der Waals surface area contributed by atoms with E-state index >= 15 is 0 Å². The van der Waals surface area contributed by atoms with Gasteiger partial charge >= 0.3 is 5.97 Å². The number of hydrogen-bond donors (Lipinski definition) is 0. The number of esters is 1. The second-order valence-corrected chi connectivity index (χ2v) is 8.15. The number of rotatable bonds is 6. The predicted molar refractivity (Wildman–Crippen MR) is 119 cm³/mol. The van der Waals surface area contributed by atoms with Crippen LogP contribution in [0.4, 0.5) is 0 Å². The van der Waals surface area contributed by atoms with Crippen molar-refractivity contribution >= 4 is 35.0 Å².